The Morgan fingerprint density at radius 1 is 0.431 bits per heavy atom. The van der Waals surface area contributed by atoms with Crippen LogP contribution in [0.5, 0.6) is 0 Å². The molecule has 0 aromatic heterocycles. The average molecular weight is 1170 g/mol. The summed E-state index contributed by atoms with van der Waals surface area (Å²) in [4.78, 5) is 24.9. The van der Waals surface area contributed by atoms with Gasteiger partial charge in [0.2, 0.25) is 0 Å². The highest BCUT2D eigenvalue weighted by Gasteiger charge is 2.97. The normalized spacial score (nSPS) is 16.0. The van der Waals surface area contributed by atoms with E-state index in [1.54, 1.807) is 5.32 Å². The predicted octanol–water partition coefficient (Wildman–Crippen LogP) is 11.7. The second-order valence-electron chi connectivity index (χ2n) is 15.3. The van der Waals surface area contributed by atoms with Crippen LogP contribution in [0.1, 0.15) is 25.7 Å². The molecule has 0 bridgehead atoms. The van der Waals surface area contributed by atoms with Gasteiger partial charge in [-0.1, -0.05) is 0 Å². The third kappa shape index (κ3) is 11.9. The van der Waals surface area contributed by atoms with Crippen molar-refractivity contribution >= 4 is 30.2 Å². The molecule has 2 N–H and O–H groups in total. The predicted molar refractivity (Wildman–Crippen MR) is 167 cm³/mol. The summed E-state index contributed by atoms with van der Waals surface area (Å²) in [5.41, 5.74) is 0. The van der Waals surface area contributed by atoms with Gasteiger partial charge in [0.1, 0.15) is 6.04 Å². The van der Waals surface area contributed by atoms with E-state index in [2.05, 4.69) is 9.47 Å². The molecular formula is C30H27ClF34N3O4+. The molecule has 0 heterocycles. The minimum Gasteiger partial charge on any atom is -0.481 e. The topological polar surface area (TPSA) is 88.5 Å². The van der Waals surface area contributed by atoms with Gasteiger partial charge in [0.15, 0.2) is 12.4 Å². The molecule has 0 saturated carbocycles. The van der Waals surface area contributed by atoms with Crippen LogP contribution in [0.15, 0.2) is 0 Å². The fourth-order valence-electron chi connectivity index (χ4n) is 4.66. The number of ether oxygens (including phenoxy) is 2. The molecule has 1 amide bonds. The van der Waals surface area contributed by atoms with Crippen LogP contribution >= 0.6 is 12.4 Å². The first-order chi connectivity index (χ1) is 30.5. The Bertz CT molecular complexity index is 1890. The van der Waals surface area contributed by atoms with Crippen molar-refractivity contribution in [3.63, 3.8) is 0 Å². The molecule has 1 atom stereocenters. The number of esters is 1. The highest BCUT2D eigenvalue weighted by molar-refractivity contribution is 5.86. The molecule has 42 heteroatoms. The van der Waals surface area contributed by atoms with Crippen LogP contribution in [-0.4, -0.2) is 164 Å². The van der Waals surface area contributed by atoms with Crippen molar-refractivity contribution in [2.45, 2.75) is 127 Å². The summed E-state index contributed by atoms with van der Waals surface area (Å²) in [5.74, 6) is -124. The molecule has 0 aromatic carbocycles. The van der Waals surface area contributed by atoms with E-state index in [4.69, 9.17) is 5.41 Å². The van der Waals surface area contributed by atoms with Crippen LogP contribution in [0.25, 0.3) is 0 Å². The SMILES string of the molecule is C[N+](C)(C)CC(=O)N[C@@H](CCC(=N)OCCC(F)(F)C(F)(F)C(F)(F)C(F)(F)C(F)(F)C(F)(F)C(F)(F)C(F)(F)F)C(=O)OCCC(F)(F)C(F)(F)C(F)(F)C(F)(F)C(F)(F)C(F)(F)C(F)(F)C(F)(F)F.Cl. The van der Waals surface area contributed by atoms with Gasteiger partial charge in [0.05, 0.1) is 47.2 Å². The van der Waals surface area contributed by atoms with Gasteiger partial charge in [-0.05, 0) is 6.42 Å². The molecule has 0 rings (SSSR count). The van der Waals surface area contributed by atoms with Crippen LogP contribution in [0, 0.1) is 5.41 Å². The molecule has 0 aliphatic carbocycles. The monoisotopic (exact) mass is 1170 g/mol. The summed E-state index contributed by atoms with van der Waals surface area (Å²) < 4.78 is 466. The van der Waals surface area contributed by atoms with Gasteiger partial charge in [0, 0.05) is 6.42 Å². The number of alkyl halides is 34. The van der Waals surface area contributed by atoms with Crippen molar-refractivity contribution in [1.29, 1.82) is 5.41 Å². The van der Waals surface area contributed by atoms with E-state index in [1.165, 1.54) is 21.1 Å². The van der Waals surface area contributed by atoms with Gasteiger partial charge in [-0.15, -0.1) is 12.4 Å². The first-order valence-electron chi connectivity index (χ1n) is 17.4. The Balaban J connectivity index is 0. The lowest BCUT2D eigenvalue weighted by Crippen LogP contribution is -2.74. The average Bonchev–Trinajstić information content (AvgIpc) is 3.13. The molecule has 0 aliphatic rings. The number of halogens is 35. The van der Waals surface area contributed by atoms with E-state index in [9.17, 15) is 159 Å². The zero-order valence-corrected chi connectivity index (χ0v) is 35.2. The smallest absolute Gasteiger partial charge is 0.460 e. The molecular weight excluding hydrogens is 1150 g/mol. The Hall–Kier alpha value is -3.72. The van der Waals surface area contributed by atoms with Crippen molar-refractivity contribution in [2.24, 2.45) is 0 Å². The maximum atomic E-state index is 14.3. The molecule has 0 saturated heterocycles. The Kier molecular flexibility index (Phi) is 20.0. The van der Waals surface area contributed by atoms with E-state index in [-0.39, 0.29) is 12.4 Å². The number of rotatable bonds is 25. The summed E-state index contributed by atoms with van der Waals surface area (Å²) in [6, 6.07) is -2.65. The van der Waals surface area contributed by atoms with Crippen molar-refractivity contribution in [2.75, 3.05) is 40.9 Å². The molecule has 0 fully saturated rings. The number of hydrogen-bond donors (Lipinski definition) is 2. The first-order valence-corrected chi connectivity index (χ1v) is 17.4. The molecule has 7 nitrogen and oxygen atoms in total. The van der Waals surface area contributed by atoms with E-state index in [0.717, 1.165) is 0 Å². The van der Waals surface area contributed by atoms with E-state index in [0.29, 0.717) is 0 Å². The summed E-state index contributed by atoms with van der Waals surface area (Å²) in [5, 5.41) is 8.94. The fraction of sp³-hybridized carbons (Fsp3) is 0.900. The molecule has 0 radical (unpaired) electrons. The van der Waals surface area contributed by atoms with Gasteiger partial charge < -0.3 is 19.3 Å². The van der Waals surface area contributed by atoms with Crippen LogP contribution in [0.3, 0.4) is 0 Å². The molecule has 72 heavy (non-hydrogen) atoms. The summed E-state index contributed by atoms with van der Waals surface area (Å²) >= 11 is 0. The number of amides is 1. The molecule has 430 valence electrons. The van der Waals surface area contributed by atoms with Crippen molar-refractivity contribution in [1.82, 2.24) is 5.32 Å². The van der Waals surface area contributed by atoms with Crippen LogP contribution < -0.4 is 5.32 Å². The number of quaternary nitrogens is 1. The number of carbonyl (C=O) groups is 2. The Morgan fingerprint density at radius 3 is 0.944 bits per heavy atom. The van der Waals surface area contributed by atoms with Crippen molar-refractivity contribution in [3.05, 3.63) is 0 Å². The van der Waals surface area contributed by atoms with Gasteiger partial charge in [-0.3, -0.25) is 10.2 Å². The van der Waals surface area contributed by atoms with Gasteiger partial charge in [0.25, 0.3) is 5.91 Å². The molecule has 0 aromatic rings. The minimum absolute atomic E-state index is 0. The lowest BCUT2D eigenvalue weighted by molar-refractivity contribution is -0.862. The Morgan fingerprint density at radius 2 is 0.681 bits per heavy atom. The van der Waals surface area contributed by atoms with E-state index in [1.807, 2.05) is 0 Å². The minimum atomic E-state index is -9.00. The maximum Gasteiger partial charge on any atom is 0.460 e. The van der Waals surface area contributed by atoms with Crippen LogP contribution in [0.4, 0.5) is 149 Å². The second-order valence-corrected chi connectivity index (χ2v) is 15.3. The van der Waals surface area contributed by atoms with Crippen LogP contribution in [-0.2, 0) is 19.1 Å². The van der Waals surface area contributed by atoms with Gasteiger partial charge >= 0.3 is 101 Å². The molecule has 0 spiro atoms. The number of carbonyl (C=O) groups excluding carboxylic acids is 2. The first kappa shape index (κ1) is 70.4. The third-order valence-corrected chi connectivity index (χ3v) is 8.82. The second kappa shape index (κ2) is 20.4. The summed E-state index contributed by atoms with van der Waals surface area (Å²) in [6.07, 6.45) is -25.8. The fourth-order valence-corrected chi connectivity index (χ4v) is 4.66. The summed E-state index contributed by atoms with van der Waals surface area (Å²) in [6.45, 7) is -5.92. The standard InChI is InChI=1S/C30H25F34N3O4.ClH/c1-67(2,3)10-13(68)66-11(14(69)71-9-7-16(33,34)18(37,38)20(41,42)22(45,46)24(49,50)26(53,54)28(57,58)30(62,63)64)4-5-12(65)70-8-6-15(31,32)17(35,36)19(39,40)21(43,44)23(47,48)25(51,52)27(55,56)29(59,60)61;/h11,65H,4-10H2,1-3H3;1H/p+1/t11-;/m0./s1. The van der Waals surface area contributed by atoms with Crippen molar-refractivity contribution in [3.8, 4) is 0 Å². The number of likely N-dealkylation sites (N-methyl/N-ethyl adjacent to an activating group) is 1. The lowest BCUT2D eigenvalue weighted by atomic mass is 9.88. The maximum absolute atomic E-state index is 14.3. The number of nitrogens with one attached hydrogen (secondary N) is 2. The highest BCUT2D eigenvalue weighted by Crippen LogP contribution is 2.66. The van der Waals surface area contributed by atoms with E-state index >= 15 is 0 Å². The van der Waals surface area contributed by atoms with E-state index < -0.39 is 169 Å². The number of nitrogens with zero attached hydrogens (tertiary/aromatic N) is 1. The largest absolute Gasteiger partial charge is 0.481 e. The Labute approximate surface area is 382 Å². The zero-order valence-electron chi connectivity index (χ0n) is 34.4. The quantitative estimate of drug-likeness (QED) is 0.0313. The third-order valence-electron chi connectivity index (χ3n) is 8.82. The highest BCUT2D eigenvalue weighted by atomic mass is 35.5. The number of hydrogen-bond acceptors (Lipinski definition) is 5. The van der Waals surface area contributed by atoms with Crippen molar-refractivity contribution < 1.29 is 173 Å². The zero-order chi connectivity index (χ0) is 57.9. The van der Waals surface area contributed by atoms with Crippen LogP contribution in [0.2, 0.25) is 0 Å². The lowest BCUT2D eigenvalue weighted by Gasteiger charge is -2.42. The summed E-state index contributed by atoms with van der Waals surface area (Å²) in [7, 11) is 3.50. The molecule has 0 aliphatic heterocycles. The van der Waals surface area contributed by atoms with Gasteiger partial charge in [-0.25, -0.2) is 4.79 Å². The van der Waals surface area contributed by atoms with Gasteiger partial charge in [-0.2, -0.15) is 149 Å². The molecule has 0 unspecified atom stereocenters.